The van der Waals surface area contributed by atoms with Gasteiger partial charge in [0.2, 0.25) is 0 Å². The van der Waals surface area contributed by atoms with Gasteiger partial charge in [-0.05, 0) is 37.6 Å². The van der Waals surface area contributed by atoms with E-state index in [1.807, 2.05) is 42.7 Å². The maximum absolute atomic E-state index is 5.90. The molecule has 0 atom stereocenters. The van der Waals surface area contributed by atoms with Crippen molar-refractivity contribution < 1.29 is 9.47 Å². The lowest BCUT2D eigenvalue weighted by molar-refractivity contribution is 0.171. The van der Waals surface area contributed by atoms with Crippen molar-refractivity contribution in [3.8, 4) is 23.3 Å². The van der Waals surface area contributed by atoms with Crippen LogP contribution < -0.4 is 15.2 Å². The van der Waals surface area contributed by atoms with E-state index in [1.165, 1.54) is 0 Å². The number of nitrogens with two attached hydrogens (primary N) is 1. The monoisotopic (exact) mass is 348 g/mol. The molecule has 0 radical (unpaired) electrons. The molecule has 0 fully saturated rings. The minimum absolute atomic E-state index is 0.535. The van der Waals surface area contributed by atoms with Crippen LogP contribution in [0.15, 0.2) is 36.8 Å². The first kappa shape index (κ1) is 16.4. The van der Waals surface area contributed by atoms with Gasteiger partial charge in [0.05, 0.1) is 18.4 Å². The molecule has 1 aliphatic rings. The van der Waals surface area contributed by atoms with Crippen LogP contribution in [0.1, 0.15) is 25.0 Å². The standard InChI is InChI=1S/C20H20N4O2/c1-20(2,21)6-5-14-9-16-19(22-11-14)24(13-23-16)12-15-3-4-17-18(10-15)26-8-7-25-17/h3-4,9-11,13H,7-8,12,21H2,1-2H3. The van der Waals surface area contributed by atoms with Crippen LogP contribution in [0.4, 0.5) is 0 Å². The van der Waals surface area contributed by atoms with E-state index < -0.39 is 5.54 Å². The van der Waals surface area contributed by atoms with Gasteiger partial charge >= 0.3 is 0 Å². The highest BCUT2D eigenvalue weighted by Gasteiger charge is 2.13. The highest BCUT2D eigenvalue weighted by atomic mass is 16.6. The minimum Gasteiger partial charge on any atom is -0.486 e. The van der Waals surface area contributed by atoms with Gasteiger partial charge in [-0.15, -0.1) is 0 Å². The molecule has 2 N–H and O–H groups in total. The zero-order valence-corrected chi connectivity index (χ0v) is 14.8. The molecule has 0 spiro atoms. The average molecular weight is 348 g/mol. The Morgan fingerprint density at radius 3 is 2.77 bits per heavy atom. The van der Waals surface area contributed by atoms with Gasteiger partial charge < -0.3 is 19.8 Å². The van der Waals surface area contributed by atoms with Crippen molar-refractivity contribution in [2.75, 3.05) is 13.2 Å². The predicted molar refractivity (Wildman–Crippen MR) is 99.2 cm³/mol. The lowest BCUT2D eigenvalue weighted by Gasteiger charge is -2.19. The van der Waals surface area contributed by atoms with Crippen LogP contribution in [0.3, 0.4) is 0 Å². The van der Waals surface area contributed by atoms with Crippen molar-refractivity contribution in [3.63, 3.8) is 0 Å². The molecule has 6 nitrogen and oxygen atoms in total. The Hall–Kier alpha value is -3.04. The summed E-state index contributed by atoms with van der Waals surface area (Å²) in [5, 5.41) is 0. The van der Waals surface area contributed by atoms with Crippen molar-refractivity contribution >= 4 is 11.2 Å². The minimum atomic E-state index is -0.535. The van der Waals surface area contributed by atoms with Crippen LogP contribution in [0.25, 0.3) is 11.2 Å². The Labute approximate surface area is 152 Å². The molecule has 1 aromatic carbocycles. The fraction of sp³-hybridized carbons (Fsp3) is 0.300. The van der Waals surface area contributed by atoms with Gasteiger partial charge in [-0.1, -0.05) is 17.9 Å². The third-order valence-corrected chi connectivity index (χ3v) is 3.94. The molecule has 0 saturated carbocycles. The summed E-state index contributed by atoms with van der Waals surface area (Å²) in [4.78, 5) is 8.98. The van der Waals surface area contributed by atoms with E-state index in [-0.39, 0.29) is 0 Å². The first-order valence-electron chi connectivity index (χ1n) is 8.49. The summed E-state index contributed by atoms with van der Waals surface area (Å²) < 4.78 is 13.2. The summed E-state index contributed by atoms with van der Waals surface area (Å²) in [5.74, 6) is 7.64. The number of ether oxygens (including phenoxy) is 2. The highest BCUT2D eigenvalue weighted by molar-refractivity contribution is 5.72. The summed E-state index contributed by atoms with van der Waals surface area (Å²) in [6.45, 7) is 5.56. The SMILES string of the molecule is CC(C)(N)C#Cc1cnc2c(c1)ncn2Cc1ccc2c(c1)OCCO2. The second-order valence-electron chi connectivity index (χ2n) is 6.89. The van der Waals surface area contributed by atoms with E-state index in [4.69, 9.17) is 15.2 Å². The molecule has 0 saturated heterocycles. The van der Waals surface area contributed by atoms with E-state index >= 15 is 0 Å². The maximum Gasteiger partial charge on any atom is 0.161 e. The molecule has 2 aromatic heterocycles. The average Bonchev–Trinajstić information content (AvgIpc) is 3.01. The fourth-order valence-corrected chi connectivity index (χ4v) is 2.75. The van der Waals surface area contributed by atoms with Crippen LogP contribution in [0.5, 0.6) is 11.5 Å². The summed E-state index contributed by atoms with van der Waals surface area (Å²) in [7, 11) is 0. The summed E-state index contributed by atoms with van der Waals surface area (Å²) in [6, 6.07) is 7.91. The number of hydrogen-bond acceptors (Lipinski definition) is 5. The lowest BCUT2D eigenvalue weighted by Crippen LogP contribution is -2.29. The van der Waals surface area contributed by atoms with Gasteiger partial charge in [-0.3, -0.25) is 0 Å². The van der Waals surface area contributed by atoms with Gasteiger partial charge in [-0.2, -0.15) is 0 Å². The molecule has 1 aliphatic heterocycles. The predicted octanol–water partition coefficient (Wildman–Crippen LogP) is 2.34. The third kappa shape index (κ3) is 3.48. The molecule has 3 aromatic rings. The van der Waals surface area contributed by atoms with Gasteiger partial charge in [0.25, 0.3) is 0 Å². The van der Waals surface area contributed by atoms with Gasteiger partial charge in [0.1, 0.15) is 18.7 Å². The largest absolute Gasteiger partial charge is 0.486 e. The number of imidazole rings is 1. The van der Waals surface area contributed by atoms with Crippen molar-refractivity contribution in [1.29, 1.82) is 0 Å². The Kier molecular flexibility index (Phi) is 4.02. The van der Waals surface area contributed by atoms with Crippen molar-refractivity contribution in [1.82, 2.24) is 14.5 Å². The van der Waals surface area contributed by atoms with Crippen LogP contribution in [0, 0.1) is 11.8 Å². The fourth-order valence-electron chi connectivity index (χ4n) is 2.75. The van der Waals surface area contributed by atoms with E-state index in [9.17, 15) is 0 Å². The molecule has 0 aliphatic carbocycles. The van der Waals surface area contributed by atoms with Gasteiger partial charge in [0, 0.05) is 11.8 Å². The van der Waals surface area contributed by atoms with Crippen LogP contribution in [-0.4, -0.2) is 33.3 Å². The topological polar surface area (TPSA) is 75.2 Å². The Morgan fingerprint density at radius 1 is 1.15 bits per heavy atom. The summed E-state index contributed by atoms with van der Waals surface area (Å²) in [5.41, 5.74) is 8.90. The first-order chi connectivity index (χ1) is 12.5. The van der Waals surface area contributed by atoms with Crippen LogP contribution in [-0.2, 0) is 6.54 Å². The maximum atomic E-state index is 5.90. The summed E-state index contributed by atoms with van der Waals surface area (Å²) in [6.07, 6.45) is 3.54. The second kappa shape index (κ2) is 6.36. The van der Waals surface area contributed by atoms with Crippen LogP contribution >= 0.6 is 0 Å². The zero-order chi connectivity index (χ0) is 18.1. The molecule has 0 amide bonds. The van der Waals surface area contributed by atoms with Gasteiger partial charge in [-0.25, -0.2) is 9.97 Å². The lowest BCUT2D eigenvalue weighted by atomic mass is 10.1. The molecule has 6 heteroatoms. The summed E-state index contributed by atoms with van der Waals surface area (Å²) >= 11 is 0. The first-order valence-corrected chi connectivity index (χ1v) is 8.49. The molecule has 132 valence electrons. The molecule has 26 heavy (non-hydrogen) atoms. The van der Waals surface area contributed by atoms with Gasteiger partial charge in [0.15, 0.2) is 17.1 Å². The van der Waals surface area contributed by atoms with E-state index in [1.54, 1.807) is 12.5 Å². The molecular formula is C20H20N4O2. The normalized spacial score (nSPS) is 13.3. The number of fused-ring (bicyclic) bond motifs is 2. The molecular weight excluding hydrogens is 328 g/mol. The van der Waals surface area contributed by atoms with Crippen molar-refractivity contribution in [2.45, 2.75) is 25.9 Å². The molecule has 4 rings (SSSR count). The van der Waals surface area contributed by atoms with Crippen molar-refractivity contribution in [2.24, 2.45) is 5.73 Å². The Balaban J connectivity index is 1.60. The highest BCUT2D eigenvalue weighted by Crippen LogP contribution is 2.31. The smallest absolute Gasteiger partial charge is 0.161 e. The Bertz CT molecular complexity index is 1020. The number of aromatic nitrogens is 3. The second-order valence-corrected chi connectivity index (χ2v) is 6.89. The molecule has 3 heterocycles. The Morgan fingerprint density at radius 2 is 1.96 bits per heavy atom. The molecule has 0 bridgehead atoms. The van der Waals surface area contributed by atoms with E-state index in [0.29, 0.717) is 19.8 Å². The third-order valence-electron chi connectivity index (χ3n) is 3.94. The number of rotatable bonds is 2. The number of benzene rings is 1. The van der Waals surface area contributed by atoms with E-state index in [0.717, 1.165) is 33.8 Å². The number of pyridine rings is 1. The van der Waals surface area contributed by atoms with Crippen molar-refractivity contribution in [3.05, 3.63) is 47.9 Å². The quantitative estimate of drug-likeness (QED) is 0.720. The zero-order valence-electron chi connectivity index (χ0n) is 14.8. The molecule has 0 unspecified atom stereocenters. The van der Waals surface area contributed by atoms with E-state index in [2.05, 4.69) is 21.8 Å². The number of nitrogens with zero attached hydrogens (tertiary/aromatic N) is 3. The van der Waals surface area contributed by atoms with Crippen LogP contribution in [0.2, 0.25) is 0 Å². The number of hydrogen-bond donors (Lipinski definition) is 1.